The Morgan fingerprint density at radius 3 is 2.09 bits per heavy atom. The smallest absolute Gasteiger partial charge is 0.416 e. The van der Waals surface area contributed by atoms with Crippen molar-refractivity contribution >= 4 is 42.2 Å². The first kappa shape index (κ1) is 27.2. The van der Waals surface area contributed by atoms with Gasteiger partial charge in [0.2, 0.25) is 23.6 Å². The number of ether oxygens (including phenoxy) is 3. The van der Waals surface area contributed by atoms with Crippen LogP contribution in [0.1, 0.15) is 11.1 Å². The van der Waals surface area contributed by atoms with E-state index in [0.717, 1.165) is 12.1 Å². The van der Waals surface area contributed by atoms with Crippen molar-refractivity contribution in [2.45, 2.75) is 6.18 Å². The minimum Gasteiger partial charge on any atom is -0.493 e. The SMILES string of the molecule is CNc1nc(N/N=C/c2cc(OC)c(OC)c(OC)c2)nc(Nc2cccc(C(F)(F)F)c2)n1.Cl. The third-order valence-electron chi connectivity index (χ3n) is 4.37. The molecule has 1 heterocycles. The summed E-state index contributed by atoms with van der Waals surface area (Å²) in [5.41, 5.74) is 2.66. The summed E-state index contributed by atoms with van der Waals surface area (Å²) in [6, 6.07) is 8.07. The highest BCUT2D eigenvalue weighted by Gasteiger charge is 2.30. The van der Waals surface area contributed by atoms with Crippen LogP contribution in [0.3, 0.4) is 0 Å². The van der Waals surface area contributed by atoms with Gasteiger partial charge in [-0.1, -0.05) is 6.07 Å². The van der Waals surface area contributed by atoms with E-state index in [9.17, 15) is 13.2 Å². The molecule has 0 aliphatic carbocycles. The molecule has 1 aromatic heterocycles. The summed E-state index contributed by atoms with van der Waals surface area (Å²) in [5.74, 6) is 1.59. The molecule has 0 aliphatic rings. The largest absolute Gasteiger partial charge is 0.493 e. The van der Waals surface area contributed by atoms with Gasteiger partial charge in [-0.3, -0.25) is 0 Å². The maximum Gasteiger partial charge on any atom is 0.416 e. The Bertz CT molecular complexity index is 1150. The Morgan fingerprint density at radius 1 is 0.886 bits per heavy atom. The van der Waals surface area contributed by atoms with Gasteiger partial charge >= 0.3 is 6.18 Å². The van der Waals surface area contributed by atoms with E-state index in [2.05, 4.69) is 36.1 Å². The standard InChI is InChI=1S/C21H22F3N7O3.ClH/c1-25-18-28-19(27-14-7-5-6-13(10-14)21(22,23)24)30-20(29-18)31-26-11-12-8-15(32-2)17(34-4)16(9-12)33-3;/h5-11H,1-4H3,(H3,25,27,28,29,30,31);1H/b26-11+;. The first-order valence-electron chi connectivity index (χ1n) is 9.74. The van der Waals surface area contributed by atoms with Crippen LogP contribution in [-0.2, 0) is 6.18 Å². The average Bonchev–Trinajstić information content (AvgIpc) is 2.82. The van der Waals surface area contributed by atoms with Crippen LogP contribution in [0.25, 0.3) is 0 Å². The number of alkyl halides is 3. The fourth-order valence-corrected chi connectivity index (χ4v) is 2.84. The van der Waals surface area contributed by atoms with Crippen LogP contribution in [0.5, 0.6) is 17.2 Å². The second-order valence-corrected chi connectivity index (χ2v) is 6.59. The number of hydrogen-bond acceptors (Lipinski definition) is 10. The molecule has 0 fully saturated rings. The molecule has 3 rings (SSSR count). The maximum absolute atomic E-state index is 13.0. The summed E-state index contributed by atoms with van der Waals surface area (Å²) >= 11 is 0. The average molecular weight is 514 g/mol. The lowest BCUT2D eigenvalue weighted by molar-refractivity contribution is -0.137. The number of benzene rings is 2. The van der Waals surface area contributed by atoms with Crippen molar-refractivity contribution in [1.29, 1.82) is 0 Å². The number of nitrogens with one attached hydrogen (secondary N) is 3. The van der Waals surface area contributed by atoms with Gasteiger partial charge in [0.1, 0.15) is 0 Å². The molecule has 0 aliphatic heterocycles. The minimum atomic E-state index is -4.47. The molecule has 0 radical (unpaired) electrons. The molecule has 0 atom stereocenters. The zero-order chi connectivity index (χ0) is 24.7. The van der Waals surface area contributed by atoms with Crippen LogP contribution in [0, 0.1) is 0 Å². The lowest BCUT2D eigenvalue weighted by Gasteiger charge is -2.12. The first-order valence-corrected chi connectivity index (χ1v) is 9.74. The highest BCUT2D eigenvalue weighted by molar-refractivity contribution is 5.85. The molecule has 35 heavy (non-hydrogen) atoms. The van der Waals surface area contributed by atoms with E-state index in [-0.39, 0.29) is 35.9 Å². The van der Waals surface area contributed by atoms with Gasteiger partial charge in [0.25, 0.3) is 0 Å². The van der Waals surface area contributed by atoms with Gasteiger partial charge in [-0.25, -0.2) is 5.43 Å². The Kier molecular flexibility index (Phi) is 9.28. The number of anilines is 4. The van der Waals surface area contributed by atoms with Crippen LogP contribution in [0.4, 0.5) is 36.7 Å². The molecule has 0 unspecified atom stereocenters. The Morgan fingerprint density at radius 2 is 1.51 bits per heavy atom. The predicted molar refractivity (Wildman–Crippen MR) is 129 cm³/mol. The van der Waals surface area contributed by atoms with Crippen molar-refractivity contribution in [2.24, 2.45) is 5.10 Å². The second-order valence-electron chi connectivity index (χ2n) is 6.59. The van der Waals surface area contributed by atoms with Crippen molar-refractivity contribution in [3.63, 3.8) is 0 Å². The van der Waals surface area contributed by atoms with Gasteiger partial charge in [0.15, 0.2) is 11.5 Å². The minimum absolute atomic E-state index is 0. The third-order valence-corrected chi connectivity index (χ3v) is 4.37. The third kappa shape index (κ3) is 6.99. The summed E-state index contributed by atoms with van der Waals surface area (Å²) in [4.78, 5) is 12.4. The normalized spacial score (nSPS) is 10.9. The fourth-order valence-electron chi connectivity index (χ4n) is 2.84. The topological polar surface area (TPSA) is 115 Å². The number of aromatic nitrogens is 3. The lowest BCUT2D eigenvalue weighted by Crippen LogP contribution is -2.08. The summed E-state index contributed by atoms with van der Waals surface area (Å²) in [7, 11) is 6.09. The molecule has 0 amide bonds. The Labute approximate surface area is 205 Å². The highest BCUT2D eigenvalue weighted by Crippen LogP contribution is 2.37. The van der Waals surface area contributed by atoms with Gasteiger partial charge in [-0.2, -0.15) is 33.2 Å². The van der Waals surface area contributed by atoms with E-state index >= 15 is 0 Å². The highest BCUT2D eigenvalue weighted by atomic mass is 35.5. The van der Waals surface area contributed by atoms with E-state index in [1.165, 1.54) is 39.7 Å². The Balaban J connectivity index is 0.00000432. The molecule has 10 nitrogen and oxygen atoms in total. The van der Waals surface area contributed by atoms with E-state index in [1.54, 1.807) is 19.2 Å². The number of hydrazone groups is 1. The quantitative estimate of drug-likeness (QED) is 0.279. The molecule has 2 aromatic carbocycles. The predicted octanol–water partition coefficient (Wildman–Crippen LogP) is 4.57. The van der Waals surface area contributed by atoms with Gasteiger partial charge in [0.05, 0.1) is 33.1 Å². The van der Waals surface area contributed by atoms with Gasteiger partial charge in [0, 0.05) is 18.3 Å². The molecule has 3 N–H and O–H groups in total. The zero-order valence-electron chi connectivity index (χ0n) is 19.1. The fraction of sp³-hybridized carbons (Fsp3) is 0.238. The van der Waals surface area contributed by atoms with Crippen molar-refractivity contribution in [3.8, 4) is 17.2 Å². The van der Waals surface area contributed by atoms with Crippen LogP contribution in [0.15, 0.2) is 41.5 Å². The summed E-state index contributed by atoms with van der Waals surface area (Å²) in [5, 5.41) is 9.60. The van der Waals surface area contributed by atoms with Crippen molar-refractivity contribution < 1.29 is 27.4 Å². The molecular formula is C21H23ClF3N7O3. The first-order chi connectivity index (χ1) is 16.3. The number of nitrogens with zero attached hydrogens (tertiary/aromatic N) is 4. The number of hydrogen-bond donors (Lipinski definition) is 3. The van der Waals surface area contributed by atoms with Crippen molar-refractivity contribution in [2.75, 3.05) is 44.4 Å². The van der Waals surface area contributed by atoms with Crippen molar-refractivity contribution in [1.82, 2.24) is 15.0 Å². The number of methoxy groups -OCH3 is 3. The maximum atomic E-state index is 13.0. The van der Waals surface area contributed by atoms with Crippen LogP contribution >= 0.6 is 12.4 Å². The van der Waals surface area contributed by atoms with Crippen LogP contribution in [0.2, 0.25) is 0 Å². The van der Waals surface area contributed by atoms with E-state index in [0.29, 0.717) is 22.8 Å². The van der Waals surface area contributed by atoms with E-state index in [1.807, 2.05) is 0 Å². The molecule has 3 aromatic rings. The lowest BCUT2D eigenvalue weighted by atomic mass is 10.2. The van der Waals surface area contributed by atoms with Gasteiger partial charge in [-0.15, -0.1) is 12.4 Å². The van der Waals surface area contributed by atoms with Crippen LogP contribution < -0.4 is 30.3 Å². The summed E-state index contributed by atoms with van der Waals surface area (Å²) in [6.45, 7) is 0. The number of rotatable bonds is 9. The molecule has 0 spiro atoms. The van der Waals surface area contributed by atoms with Crippen LogP contribution in [-0.4, -0.2) is 49.5 Å². The molecule has 188 valence electrons. The summed E-state index contributed by atoms with van der Waals surface area (Å²) in [6.07, 6.45) is -2.99. The number of halogens is 4. The monoisotopic (exact) mass is 513 g/mol. The molecule has 0 saturated heterocycles. The van der Waals surface area contributed by atoms with Gasteiger partial charge in [-0.05, 0) is 30.3 Å². The van der Waals surface area contributed by atoms with E-state index in [4.69, 9.17) is 14.2 Å². The van der Waals surface area contributed by atoms with E-state index < -0.39 is 11.7 Å². The molecule has 0 bridgehead atoms. The second kappa shape index (κ2) is 11.9. The van der Waals surface area contributed by atoms with Crippen molar-refractivity contribution in [3.05, 3.63) is 47.5 Å². The molecule has 0 saturated carbocycles. The zero-order valence-corrected chi connectivity index (χ0v) is 19.9. The van der Waals surface area contributed by atoms with Gasteiger partial charge < -0.3 is 24.8 Å². The summed E-state index contributed by atoms with van der Waals surface area (Å²) < 4.78 is 54.8. The Hall–Kier alpha value is -4.00. The molecular weight excluding hydrogens is 491 g/mol. The molecule has 14 heteroatoms.